The minimum atomic E-state index is -0.226. The van der Waals surface area contributed by atoms with E-state index in [1.807, 2.05) is 61.8 Å². The number of anilines is 3. The number of nitrogens with two attached hydrogens (primary N) is 1. The van der Waals surface area contributed by atoms with E-state index in [2.05, 4.69) is 20.3 Å². The van der Waals surface area contributed by atoms with Gasteiger partial charge in [-0.1, -0.05) is 12.1 Å². The summed E-state index contributed by atoms with van der Waals surface area (Å²) in [7, 11) is 1.63. The number of benzene rings is 2. The number of rotatable bonds is 6. The Labute approximate surface area is 180 Å². The number of amides is 1. The molecule has 0 bridgehead atoms. The smallest absolute Gasteiger partial charge is 0.256 e. The highest BCUT2D eigenvalue weighted by molar-refractivity contribution is 6.06. The van der Waals surface area contributed by atoms with Crippen LogP contribution in [0.5, 0.6) is 5.75 Å². The van der Waals surface area contributed by atoms with E-state index in [9.17, 15) is 4.79 Å². The topological polar surface area (TPSA) is 97.8 Å². The Kier molecular flexibility index (Phi) is 5.70. The molecule has 0 fully saturated rings. The summed E-state index contributed by atoms with van der Waals surface area (Å²) in [6.45, 7) is 3.11. The van der Waals surface area contributed by atoms with Gasteiger partial charge >= 0.3 is 0 Å². The van der Waals surface area contributed by atoms with Gasteiger partial charge in [-0.2, -0.15) is 5.10 Å². The molecule has 8 nitrogen and oxygen atoms in total. The molecular formula is C23H24N6O2. The van der Waals surface area contributed by atoms with Crippen LogP contribution in [0.2, 0.25) is 0 Å². The normalized spacial score (nSPS) is 12.8. The van der Waals surface area contributed by atoms with E-state index < -0.39 is 0 Å². The molecule has 1 aromatic heterocycles. The maximum absolute atomic E-state index is 12.8. The molecule has 0 saturated heterocycles. The number of nitrogens with zero attached hydrogens (tertiary/aromatic N) is 4. The van der Waals surface area contributed by atoms with E-state index in [1.165, 1.54) is 0 Å². The molecule has 0 unspecified atom stereocenters. The number of nitrogens with one attached hydrogen (secondary N) is 1. The molecule has 158 valence electrons. The third-order valence-electron chi connectivity index (χ3n) is 5.12. The highest BCUT2D eigenvalue weighted by Gasteiger charge is 2.15. The van der Waals surface area contributed by atoms with Crippen molar-refractivity contribution in [2.45, 2.75) is 13.5 Å². The van der Waals surface area contributed by atoms with Gasteiger partial charge in [-0.05, 0) is 48.4 Å². The van der Waals surface area contributed by atoms with Crippen molar-refractivity contribution in [1.82, 2.24) is 9.78 Å². The van der Waals surface area contributed by atoms with Crippen LogP contribution < -0.4 is 20.7 Å². The molecule has 4 rings (SSSR count). The molecule has 0 aliphatic carbocycles. The molecule has 0 saturated carbocycles. The summed E-state index contributed by atoms with van der Waals surface area (Å²) >= 11 is 0. The van der Waals surface area contributed by atoms with E-state index in [0.717, 1.165) is 22.6 Å². The summed E-state index contributed by atoms with van der Waals surface area (Å²) in [6, 6.07) is 13.4. The van der Waals surface area contributed by atoms with Crippen LogP contribution >= 0.6 is 0 Å². The van der Waals surface area contributed by atoms with Gasteiger partial charge in [-0.25, -0.2) is 4.68 Å². The third kappa shape index (κ3) is 4.42. The van der Waals surface area contributed by atoms with Gasteiger partial charge in [0.15, 0.2) is 0 Å². The lowest BCUT2D eigenvalue weighted by molar-refractivity contribution is 0.102. The zero-order valence-electron chi connectivity index (χ0n) is 17.4. The fraction of sp³-hybridized carbons (Fsp3) is 0.174. The Bertz CT molecular complexity index is 1150. The van der Waals surface area contributed by atoms with Crippen LogP contribution in [0.25, 0.3) is 0 Å². The minimum Gasteiger partial charge on any atom is -0.497 e. The second-order valence-electron chi connectivity index (χ2n) is 7.18. The molecule has 1 amide bonds. The molecule has 31 heavy (non-hydrogen) atoms. The zero-order valence-corrected chi connectivity index (χ0v) is 17.4. The van der Waals surface area contributed by atoms with Crippen LogP contribution in [-0.4, -0.2) is 35.6 Å². The van der Waals surface area contributed by atoms with Gasteiger partial charge in [0.1, 0.15) is 17.3 Å². The first-order valence-corrected chi connectivity index (χ1v) is 9.86. The first-order chi connectivity index (χ1) is 15.0. The molecular weight excluding hydrogens is 392 g/mol. The third-order valence-corrected chi connectivity index (χ3v) is 5.12. The average molecular weight is 416 g/mol. The second kappa shape index (κ2) is 8.74. The number of carbonyl (C=O) groups is 1. The number of aliphatic imine (C=N–C) groups is 1. The molecule has 0 radical (unpaired) electrons. The number of ether oxygens (including phenoxy) is 1. The van der Waals surface area contributed by atoms with Crippen molar-refractivity contribution in [3.63, 3.8) is 0 Å². The standard InChI is InChI=1S/C23H24N6O2/c1-16-13-18(28-11-9-25-10-12-28)5-8-20(16)23(30)27-21-14-26-29(22(21)24)15-17-3-6-19(31-2)7-4-17/h3-11,13-14H,12,15,24H2,1-2H3,(H,27,30). The summed E-state index contributed by atoms with van der Waals surface area (Å²) in [5, 5.41) is 7.19. The monoisotopic (exact) mass is 416 g/mol. The maximum Gasteiger partial charge on any atom is 0.256 e. The van der Waals surface area contributed by atoms with Crippen molar-refractivity contribution < 1.29 is 9.53 Å². The zero-order chi connectivity index (χ0) is 21.8. The molecule has 1 aliphatic heterocycles. The number of hydrogen-bond acceptors (Lipinski definition) is 6. The van der Waals surface area contributed by atoms with Crippen LogP contribution in [0, 0.1) is 6.92 Å². The quantitative estimate of drug-likeness (QED) is 0.641. The number of nitrogen functional groups attached to an aromatic ring is 1. The SMILES string of the molecule is COc1ccc(Cn2ncc(NC(=O)c3ccc(N4C=CN=CC4)cc3C)c2N)cc1. The lowest BCUT2D eigenvalue weighted by atomic mass is 10.1. The molecule has 3 aromatic rings. The number of carbonyl (C=O) groups excluding carboxylic acids is 1. The van der Waals surface area contributed by atoms with E-state index in [-0.39, 0.29) is 5.91 Å². The summed E-state index contributed by atoms with van der Waals surface area (Å²) in [4.78, 5) is 19.0. The fourth-order valence-corrected chi connectivity index (χ4v) is 3.36. The predicted molar refractivity (Wildman–Crippen MR) is 123 cm³/mol. The first kappa shape index (κ1) is 20.2. The predicted octanol–water partition coefficient (Wildman–Crippen LogP) is 3.44. The van der Waals surface area contributed by atoms with Gasteiger partial charge in [-0.15, -0.1) is 0 Å². The van der Waals surface area contributed by atoms with Gasteiger partial charge in [0.25, 0.3) is 5.91 Å². The number of methoxy groups -OCH3 is 1. The molecule has 3 N–H and O–H groups in total. The Hall–Kier alpha value is -4.07. The van der Waals surface area contributed by atoms with E-state index >= 15 is 0 Å². The molecule has 1 aliphatic rings. The average Bonchev–Trinajstić information content (AvgIpc) is 3.13. The van der Waals surface area contributed by atoms with Crippen molar-refractivity contribution in [1.29, 1.82) is 0 Å². The Balaban J connectivity index is 1.46. The Morgan fingerprint density at radius 2 is 2.03 bits per heavy atom. The molecule has 0 spiro atoms. The number of hydrogen-bond donors (Lipinski definition) is 2. The van der Waals surface area contributed by atoms with Crippen LogP contribution in [0.3, 0.4) is 0 Å². The van der Waals surface area contributed by atoms with Crippen LogP contribution in [0.15, 0.2) is 66.1 Å². The summed E-state index contributed by atoms with van der Waals surface area (Å²) in [5.74, 6) is 0.961. The highest BCUT2D eigenvalue weighted by Crippen LogP contribution is 2.24. The molecule has 0 atom stereocenters. The maximum atomic E-state index is 12.8. The summed E-state index contributed by atoms with van der Waals surface area (Å²) < 4.78 is 6.83. The van der Waals surface area contributed by atoms with Crippen LogP contribution in [-0.2, 0) is 6.54 Å². The number of aromatic nitrogens is 2. The Morgan fingerprint density at radius 3 is 2.71 bits per heavy atom. The molecule has 8 heteroatoms. The first-order valence-electron chi connectivity index (χ1n) is 9.86. The van der Waals surface area contributed by atoms with Gasteiger partial charge in [0.05, 0.1) is 26.4 Å². The largest absolute Gasteiger partial charge is 0.497 e. The lowest BCUT2D eigenvalue weighted by Crippen LogP contribution is -2.21. The van der Waals surface area contributed by atoms with Crippen molar-refractivity contribution in [3.8, 4) is 5.75 Å². The van der Waals surface area contributed by atoms with E-state index in [1.54, 1.807) is 24.2 Å². The van der Waals surface area contributed by atoms with E-state index in [4.69, 9.17) is 10.5 Å². The minimum absolute atomic E-state index is 0.226. The summed E-state index contributed by atoms with van der Waals surface area (Å²) in [6.07, 6.45) is 7.05. The van der Waals surface area contributed by atoms with Crippen molar-refractivity contribution >= 4 is 29.3 Å². The van der Waals surface area contributed by atoms with Gasteiger partial charge < -0.3 is 20.7 Å². The lowest BCUT2D eigenvalue weighted by Gasteiger charge is -2.21. The van der Waals surface area contributed by atoms with Crippen molar-refractivity contribution in [3.05, 3.63) is 77.8 Å². The second-order valence-corrected chi connectivity index (χ2v) is 7.18. The van der Waals surface area contributed by atoms with Crippen molar-refractivity contribution in [2.75, 3.05) is 29.6 Å². The van der Waals surface area contributed by atoms with E-state index in [0.29, 0.717) is 30.2 Å². The molecule has 2 heterocycles. The van der Waals surface area contributed by atoms with Gasteiger partial charge in [0, 0.05) is 29.9 Å². The van der Waals surface area contributed by atoms with Crippen molar-refractivity contribution in [2.24, 2.45) is 4.99 Å². The van der Waals surface area contributed by atoms with Gasteiger partial charge in [0.2, 0.25) is 0 Å². The van der Waals surface area contributed by atoms with Gasteiger partial charge in [-0.3, -0.25) is 9.79 Å². The van der Waals surface area contributed by atoms with Crippen LogP contribution in [0.1, 0.15) is 21.5 Å². The molecule has 2 aromatic carbocycles. The fourth-order valence-electron chi connectivity index (χ4n) is 3.36. The van der Waals surface area contributed by atoms with Crippen LogP contribution in [0.4, 0.5) is 17.2 Å². The summed E-state index contributed by atoms with van der Waals surface area (Å²) in [5.41, 5.74) is 10.2. The number of aryl methyl sites for hydroxylation is 1. The Morgan fingerprint density at radius 1 is 1.23 bits per heavy atom. The highest BCUT2D eigenvalue weighted by atomic mass is 16.5.